The molecule has 11 heteroatoms. The summed E-state index contributed by atoms with van der Waals surface area (Å²) in [6, 6.07) is 14.1. The molecule has 1 saturated heterocycles. The van der Waals surface area contributed by atoms with E-state index >= 15 is 0 Å². The van der Waals surface area contributed by atoms with Crippen LogP contribution in [0.3, 0.4) is 0 Å². The van der Waals surface area contributed by atoms with Crippen molar-refractivity contribution < 1.29 is 24.4 Å². The Balaban J connectivity index is 1.31. The number of piperidine rings is 1. The van der Waals surface area contributed by atoms with Crippen molar-refractivity contribution in [3.05, 3.63) is 54.1 Å². The maximum Gasteiger partial charge on any atom is 0.267 e. The number of amides is 4. The third-order valence-electron chi connectivity index (χ3n) is 7.34. The molecule has 0 aromatic heterocycles. The highest BCUT2D eigenvalue weighted by Crippen LogP contribution is 2.32. The highest BCUT2D eigenvalue weighted by atomic mass is 16.5. The summed E-state index contributed by atoms with van der Waals surface area (Å²) in [7, 11) is 0. The highest BCUT2D eigenvalue weighted by Gasteiger charge is 2.36. The third-order valence-corrected chi connectivity index (χ3v) is 7.34. The second-order valence-corrected chi connectivity index (χ2v) is 10.1. The first kappa shape index (κ1) is 28.2. The summed E-state index contributed by atoms with van der Waals surface area (Å²) in [5, 5.41) is 14.2. The Bertz CT molecular complexity index is 1170. The quantitative estimate of drug-likeness (QED) is 0.226. The van der Waals surface area contributed by atoms with Gasteiger partial charge in [-0.15, -0.1) is 0 Å². The number of anilines is 1. The summed E-state index contributed by atoms with van der Waals surface area (Å²) in [6.07, 6.45) is 4.01. The summed E-state index contributed by atoms with van der Waals surface area (Å²) >= 11 is 0. The number of nitrogens with two attached hydrogens (primary N) is 1. The SMILES string of the molecule is CC(=O)N1CCC(N(CC(=O)Nc2ccc(-c3ccc(C(=O)N[C@@H](CN)C(=O)NO)cc3)cc2)C2CC2)CC1. The first-order valence-electron chi connectivity index (χ1n) is 13.3. The molecule has 0 unspecified atom stereocenters. The van der Waals surface area contributed by atoms with E-state index in [9.17, 15) is 19.2 Å². The number of carbonyl (C=O) groups is 4. The molecule has 2 fully saturated rings. The lowest BCUT2D eigenvalue weighted by molar-refractivity contribution is -0.131. The minimum Gasteiger partial charge on any atom is -0.343 e. The van der Waals surface area contributed by atoms with Crippen LogP contribution < -0.4 is 21.8 Å². The zero-order valence-corrected chi connectivity index (χ0v) is 22.1. The molecule has 11 nitrogen and oxygen atoms in total. The van der Waals surface area contributed by atoms with Gasteiger partial charge in [-0.1, -0.05) is 24.3 Å². The van der Waals surface area contributed by atoms with Gasteiger partial charge in [0.15, 0.2) is 0 Å². The van der Waals surface area contributed by atoms with Gasteiger partial charge in [-0.05, 0) is 61.1 Å². The molecular formula is C28H36N6O5. The Morgan fingerprint density at radius 1 is 0.949 bits per heavy atom. The standard InChI is InChI=1S/C28H36N6O5/c1-18(35)33-14-12-24(13-15-33)34(23-10-11-23)17-26(36)30-22-8-6-20(7-9-22)19-2-4-21(5-3-19)27(37)31-25(16-29)28(38)32-39/h2-9,23-25,39H,10-17,29H2,1H3,(H,30,36)(H,31,37)(H,32,38)/t25-/m0/s1. The molecule has 0 bridgehead atoms. The van der Waals surface area contributed by atoms with Crippen LogP contribution in [0.5, 0.6) is 0 Å². The molecule has 2 aromatic carbocycles. The van der Waals surface area contributed by atoms with Crippen molar-refractivity contribution in [2.45, 2.75) is 50.7 Å². The fourth-order valence-corrected chi connectivity index (χ4v) is 4.95. The maximum absolute atomic E-state index is 12.9. The van der Waals surface area contributed by atoms with Crippen LogP contribution in [-0.2, 0) is 14.4 Å². The predicted molar refractivity (Wildman–Crippen MR) is 146 cm³/mol. The van der Waals surface area contributed by atoms with Crippen LogP contribution in [-0.4, -0.2) is 82.9 Å². The van der Waals surface area contributed by atoms with Gasteiger partial charge in [0.2, 0.25) is 11.8 Å². The molecule has 4 rings (SSSR count). The van der Waals surface area contributed by atoms with Crippen LogP contribution >= 0.6 is 0 Å². The molecule has 6 N–H and O–H groups in total. The molecule has 1 saturated carbocycles. The second-order valence-electron chi connectivity index (χ2n) is 10.1. The average molecular weight is 537 g/mol. The number of benzene rings is 2. The van der Waals surface area contributed by atoms with Crippen LogP contribution in [0.2, 0.25) is 0 Å². The Morgan fingerprint density at radius 2 is 1.51 bits per heavy atom. The van der Waals surface area contributed by atoms with Crippen LogP contribution in [0.25, 0.3) is 11.1 Å². The minimum atomic E-state index is -1.04. The zero-order chi connectivity index (χ0) is 27.9. The zero-order valence-electron chi connectivity index (χ0n) is 22.1. The van der Waals surface area contributed by atoms with Crippen molar-refractivity contribution in [3.8, 4) is 11.1 Å². The number of carbonyl (C=O) groups excluding carboxylic acids is 4. The molecule has 1 heterocycles. The van der Waals surface area contributed by atoms with Crippen molar-refractivity contribution in [3.63, 3.8) is 0 Å². The Kier molecular flexibility index (Phi) is 9.28. The van der Waals surface area contributed by atoms with E-state index in [1.807, 2.05) is 29.2 Å². The summed E-state index contributed by atoms with van der Waals surface area (Å²) < 4.78 is 0. The van der Waals surface area contributed by atoms with Crippen LogP contribution in [0.1, 0.15) is 43.0 Å². The summed E-state index contributed by atoms with van der Waals surface area (Å²) in [5.74, 6) is -1.21. The van der Waals surface area contributed by atoms with E-state index in [2.05, 4.69) is 15.5 Å². The first-order valence-corrected chi connectivity index (χ1v) is 13.3. The summed E-state index contributed by atoms with van der Waals surface area (Å²) in [4.78, 5) is 52.7. The Labute approximate surface area is 227 Å². The van der Waals surface area contributed by atoms with Gasteiger partial charge >= 0.3 is 0 Å². The number of nitrogens with zero attached hydrogens (tertiary/aromatic N) is 2. The number of hydrogen-bond donors (Lipinski definition) is 5. The Hall–Kier alpha value is -3.80. The Morgan fingerprint density at radius 3 is 2.03 bits per heavy atom. The fraction of sp³-hybridized carbons (Fsp3) is 0.429. The molecular weight excluding hydrogens is 500 g/mol. The lowest BCUT2D eigenvalue weighted by Gasteiger charge is -2.38. The molecule has 4 amide bonds. The molecule has 2 aromatic rings. The van der Waals surface area contributed by atoms with Gasteiger partial charge in [0, 0.05) is 49.9 Å². The van der Waals surface area contributed by atoms with Crippen LogP contribution in [0.4, 0.5) is 5.69 Å². The third kappa shape index (κ3) is 7.41. The van der Waals surface area contributed by atoms with Crippen molar-refractivity contribution in [2.75, 3.05) is 31.5 Å². The minimum absolute atomic E-state index is 0.0512. The average Bonchev–Trinajstić information content (AvgIpc) is 3.80. The lowest BCUT2D eigenvalue weighted by atomic mass is 10.0. The van der Waals surface area contributed by atoms with E-state index in [1.165, 1.54) is 5.48 Å². The van der Waals surface area contributed by atoms with E-state index in [0.29, 0.717) is 29.9 Å². The molecule has 0 radical (unpaired) electrons. The van der Waals surface area contributed by atoms with E-state index < -0.39 is 17.9 Å². The number of rotatable bonds is 10. The second kappa shape index (κ2) is 12.8. The topological polar surface area (TPSA) is 157 Å². The largest absolute Gasteiger partial charge is 0.343 e. The molecule has 1 aliphatic carbocycles. The van der Waals surface area contributed by atoms with Gasteiger partial charge in [-0.3, -0.25) is 29.3 Å². The molecule has 2 aliphatic rings. The highest BCUT2D eigenvalue weighted by molar-refractivity contribution is 5.98. The molecule has 1 aliphatic heterocycles. The van der Waals surface area contributed by atoms with Gasteiger partial charge in [-0.2, -0.15) is 0 Å². The molecule has 39 heavy (non-hydrogen) atoms. The van der Waals surface area contributed by atoms with Gasteiger partial charge in [-0.25, -0.2) is 5.48 Å². The van der Waals surface area contributed by atoms with Gasteiger partial charge < -0.3 is 21.3 Å². The van der Waals surface area contributed by atoms with Crippen molar-refractivity contribution >= 4 is 29.3 Å². The smallest absolute Gasteiger partial charge is 0.267 e. The summed E-state index contributed by atoms with van der Waals surface area (Å²) in [5.41, 5.74) is 9.80. The summed E-state index contributed by atoms with van der Waals surface area (Å²) in [6.45, 7) is 3.28. The number of likely N-dealkylation sites (tertiary alicyclic amines) is 1. The van der Waals surface area contributed by atoms with E-state index in [0.717, 1.165) is 49.9 Å². The normalized spacial score (nSPS) is 16.5. The van der Waals surface area contributed by atoms with Gasteiger partial charge in [0.05, 0.1) is 6.54 Å². The van der Waals surface area contributed by atoms with Gasteiger partial charge in [0.25, 0.3) is 11.8 Å². The predicted octanol–water partition coefficient (Wildman–Crippen LogP) is 1.33. The maximum atomic E-state index is 12.9. The van der Waals surface area contributed by atoms with Crippen LogP contribution in [0.15, 0.2) is 48.5 Å². The molecule has 208 valence electrons. The lowest BCUT2D eigenvalue weighted by Crippen LogP contribution is -2.50. The number of nitrogens with one attached hydrogen (secondary N) is 3. The number of hydroxylamine groups is 1. The first-order chi connectivity index (χ1) is 18.8. The van der Waals surface area contributed by atoms with Crippen molar-refractivity contribution in [1.29, 1.82) is 0 Å². The van der Waals surface area contributed by atoms with Crippen molar-refractivity contribution in [2.24, 2.45) is 5.73 Å². The monoisotopic (exact) mass is 536 g/mol. The van der Waals surface area contributed by atoms with Crippen molar-refractivity contribution in [1.82, 2.24) is 20.6 Å². The number of hydrogen-bond acceptors (Lipinski definition) is 7. The van der Waals surface area contributed by atoms with Crippen LogP contribution in [0, 0.1) is 0 Å². The van der Waals surface area contributed by atoms with E-state index in [1.54, 1.807) is 31.2 Å². The molecule has 1 atom stereocenters. The van der Waals surface area contributed by atoms with Gasteiger partial charge in [0.1, 0.15) is 6.04 Å². The van der Waals surface area contributed by atoms with E-state index in [-0.39, 0.29) is 18.4 Å². The fourth-order valence-electron chi connectivity index (χ4n) is 4.95. The van der Waals surface area contributed by atoms with E-state index in [4.69, 9.17) is 10.9 Å². The molecule has 0 spiro atoms.